The zero-order valence-electron chi connectivity index (χ0n) is 15.0. The topological polar surface area (TPSA) is 133 Å². The van der Waals surface area contributed by atoms with Crippen LogP contribution < -0.4 is 16.4 Å². The van der Waals surface area contributed by atoms with Crippen molar-refractivity contribution >= 4 is 17.7 Å². The van der Waals surface area contributed by atoms with Crippen molar-refractivity contribution < 1.29 is 15.0 Å². The van der Waals surface area contributed by atoms with E-state index in [0.29, 0.717) is 18.2 Å². The largest absolute Gasteiger partial charge is 0.393 e. The number of aromatic nitrogens is 2. The Hall–Kier alpha value is -2.19. The van der Waals surface area contributed by atoms with E-state index in [0.717, 1.165) is 44.2 Å². The summed E-state index contributed by atoms with van der Waals surface area (Å²) in [5.74, 6) is 0.156. The summed E-state index contributed by atoms with van der Waals surface area (Å²) in [6, 6.07) is 0.179. The first kappa shape index (κ1) is 18.6. The van der Waals surface area contributed by atoms with Gasteiger partial charge in [0.25, 0.3) is 5.91 Å². The minimum absolute atomic E-state index is 0.179. The summed E-state index contributed by atoms with van der Waals surface area (Å²) in [7, 11) is 0. The van der Waals surface area contributed by atoms with E-state index in [4.69, 9.17) is 5.73 Å². The van der Waals surface area contributed by atoms with Crippen LogP contribution in [0.2, 0.25) is 0 Å². The highest BCUT2D eigenvalue weighted by Gasteiger charge is 2.29. The van der Waals surface area contributed by atoms with Crippen LogP contribution in [0.1, 0.15) is 62.2 Å². The molecule has 2 aliphatic rings. The number of allylic oxidation sites excluding steroid dienone is 1. The van der Waals surface area contributed by atoms with Crippen LogP contribution in [0.25, 0.3) is 0 Å². The first-order valence-corrected chi connectivity index (χ1v) is 9.12. The highest BCUT2D eigenvalue weighted by atomic mass is 16.3. The van der Waals surface area contributed by atoms with Crippen molar-refractivity contribution in [1.29, 1.82) is 0 Å². The molecule has 0 bridgehead atoms. The third-order valence-corrected chi connectivity index (χ3v) is 5.08. The molecular weight excluding hydrogens is 334 g/mol. The molecule has 8 heteroatoms. The van der Waals surface area contributed by atoms with Gasteiger partial charge in [0.15, 0.2) is 0 Å². The summed E-state index contributed by atoms with van der Waals surface area (Å²) < 4.78 is 0. The third kappa shape index (κ3) is 4.70. The van der Waals surface area contributed by atoms with E-state index in [2.05, 4.69) is 20.6 Å². The molecule has 3 rings (SSSR count). The molecular formula is C18H27N5O3. The van der Waals surface area contributed by atoms with Gasteiger partial charge in [-0.2, -0.15) is 4.98 Å². The van der Waals surface area contributed by atoms with Crippen molar-refractivity contribution in [2.24, 2.45) is 5.73 Å². The second-order valence-corrected chi connectivity index (χ2v) is 7.53. The number of amides is 1. The molecule has 1 aromatic heterocycles. The van der Waals surface area contributed by atoms with E-state index in [1.54, 1.807) is 0 Å². The highest BCUT2D eigenvalue weighted by molar-refractivity contribution is 5.97. The Morgan fingerprint density at radius 3 is 2.73 bits per heavy atom. The van der Waals surface area contributed by atoms with Gasteiger partial charge in [-0.15, -0.1) is 0 Å². The summed E-state index contributed by atoms with van der Waals surface area (Å²) >= 11 is 0. The summed E-state index contributed by atoms with van der Waals surface area (Å²) in [6.07, 6.45) is 8.11. The molecule has 0 spiro atoms. The van der Waals surface area contributed by atoms with Crippen LogP contribution in [-0.4, -0.2) is 43.8 Å². The summed E-state index contributed by atoms with van der Waals surface area (Å²) in [4.78, 5) is 20.3. The van der Waals surface area contributed by atoms with Crippen molar-refractivity contribution in [2.45, 2.75) is 69.6 Å². The lowest BCUT2D eigenvalue weighted by molar-refractivity contribution is 0.0195. The molecule has 1 heterocycles. The first-order chi connectivity index (χ1) is 12.3. The number of carbonyl (C=O) groups is 1. The number of hydrogen-bond donors (Lipinski definition) is 5. The van der Waals surface area contributed by atoms with E-state index in [1.807, 2.05) is 13.0 Å². The number of nitrogens with one attached hydrogen (secondary N) is 2. The molecule has 142 valence electrons. The standard InChI is InChI=1S/C18H27N5O3/c1-18(26)7-5-11(6-8-18)22-17-20-10-14(15(19)25)16(23-17)21-12-3-2-4-13(24)9-12/h3,10-11,13,24,26H,2,4-9H2,1H3,(H2,19,25)(H2,20,21,22,23)/t11-,13-,18-/m0/s1. The van der Waals surface area contributed by atoms with E-state index in [-0.39, 0.29) is 11.6 Å². The summed E-state index contributed by atoms with van der Waals surface area (Å²) in [5.41, 5.74) is 5.87. The molecule has 1 atom stereocenters. The molecule has 1 amide bonds. The van der Waals surface area contributed by atoms with Gasteiger partial charge in [0.1, 0.15) is 11.4 Å². The fourth-order valence-corrected chi connectivity index (χ4v) is 3.44. The van der Waals surface area contributed by atoms with Crippen LogP contribution >= 0.6 is 0 Å². The van der Waals surface area contributed by atoms with Crippen molar-refractivity contribution in [3.05, 3.63) is 23.5 Å². The number of nitrogens with two attached hydrogens (primary N) is 1. The molecule has 26 heavy (non-hydrogen) atoms. The van der Waals surface area contributed by atoms with Gasteiger partial charge >= 0.3 is 0 Å². The Kier molecular flexibility index (Phi) is 5.43. The second kappa shape index (κ2) is 7.59. The molecule has 6 N–H and O–H groups in total. The lowest BCUT2D eigenvalue weighted by Crippen LogP contribution is -2.36. The normalized spacial score (nSPS) is 29.0. The number of primary amides is 1. The molecule has 0 saturated heterocycles. The molecule has 1 fully saturated rings. The van der Waals surface area contributed by atoms with Crippen LogP contribution in [-0.2, 0) is 0 Å². The zero-order chi connectivity index (χ0) is 18.7. The molecule has 0 aromatic carbocycles. The van der Waals surface area contributed by atoms with Gasteiger partial charge in [-0.05, 0) is 45.4 Å². The number of hydrogen-bond acceptors (Lipinski definition) is 7. The Morgan fingerprint density at radius 1 is 1.35 bits per heavy atom. The van der Waals surface area contributed by atoms with Crippen molar-refractivity contribution in [3.8, 4) is 0 Å². The maximum atomic E-state index is 11.7. The highest BCUT2D eigenvalue weighted by Crippen LogP contribution is 2.29. The van der Waals surface area contributed by atoms with E-state index in [9.17, 15) is 15.0 Å². The Morgan fingerprint density at radius 2 is 2.08 bits per heavy atom. The minimum Gasteiger partial charge on any atom is -0.393 e. The molecule has 0 aliphatic heterocycles. The maximum Gasteiger partial charge on any atom is 0.254 e. The van der Waals surface area contributed by atoms with E-state index in [1.165, 1.54) is 6.20 Å². The molecule has 0 radical (unpaired) electrons. The van der Waals surface area contributed by atoms with Crippen LogP contribution in [0.4, 0.5) is 11.8 Å². The predicted octanol–water partition coefficient (Wildman–Crippen LogP) is 1.52. The van der Waals surface area contributed by atoms with Gasteiger partial charge in [-0.3, -0.25) is 4.79 Å². The van der Waals surface area contributed by atoms with Crippen LogP contribution in [0.5, 0.6) is 0 Å². The summed E-state index contributed by atoms with van der Waals surface area (Å²) in [5, 5.41) is 26.3. The summed E-state index contributed by atoms with van der Waals surface area (Å²) in [6.45, 7) is 1.86. The zero-order valence-corrected chi connectivity index (χ0v) is 15.0. The lowest BCUT2D eigenvalue weighted by Gasteiger charge is -2.33. The van der Waals surface area contributed by atoms with Crippen LogP contribution in [0.15, 0.2) is 18.0 Å². The Balaban J connectivity index is 1.74. The molecule has 8 nitrogen and oxygen atoms in total. The number of carbonyl (C=O) groups excluding carboxylic acids is 1. The van der Waals surface area contributed by atoms with Crippen molar-refractivity contribution in [2.75, 3.05) is 10.6 Å². The predicted molar refractivity (Wildman–Crippen MR) is 98.6 cm³/mol. The fraction of sp³-hybridized carbons (Fsp3) is 0.611. The van der Waals surface area contributed by atoms with Gasteiger partial charge in [-0.1, -0.05) is 6.08 Å². The van der Waals surface area contributed by atoms with Crippen LogP contribution in [0.3, 0.4) is 0 Å². The number of anilines is 2. The minimum atomic E-state index is -0.607. The van der Waals surface area contributed by atoms with Gasteiger partial charge in [0.2, 0.25) is 5.95 Å². The van der Waals surface area contributed by atoms with E-state index < -0.39 is 17.6 Å². The Bertz CT molecular complexity index is 694. The van der Waals surface area contributed by atoms with Crippen molar-refractivity contribution in [3.63, 3.8) is 0 Å². The molecule has 2 aliphatic carbocycles. The van der Waals surface area contributed by atoms with Gasteiger partial charge in [-0.25, -0.2) is 4.98 Å². The fourth-order valence-electron chi connectivity index (χ4n) is 3.44. The first-order valence-electron chi connectivity index (χ1n) is 9.12. The monoisotopic (exact) mass is 361 g/mol. The van der Waals surface area contributed by atoms with Gasteiger partial charge in [0.05, 0.1) is 11.7 Å². The van der Waals surface area contributed by atoms with Crippen LogP contribution in [0, 0.1) is 0 Å². The second-order valence-electron chi connectivity index (χ2n) is 7.53. The average Bonchev–Trinajstić information content (AvgIpc) is 2.57. The maximum absolute atomic E-state index is 11.7. The molecule has 1 saturated carbocycles. The Labute approximate surface area is 152 Å². The number of rotatable bonds is 5. The smallest absolute Gasteiger partial charge is 0.254 e. The lowest BCUT2D eigenvalue weighted by atomic mass is 9.84. The quantitative estimate of drug-likeness (QED) is 0.537. The average molecular weight is 361 g/mol. The SMILES string of the molecule is C[C@]1(O)CC[C@H](Nc2ncc(C(N)=O)c(NC3=CCC[C@H](O)C3)n2)CC1. The molecule has 1 aromatic rings. The van der Waals surface area contributed by atoms with Crippen molar-refractivity contribution in [1.82, 2.24) is 9.97 Å². The van der Waals surface area contributed by atoms with Gasteiger partial charge < -0.3 is 26.6 Å². The number of nitrogens with zero attached hydrogens (tertiary/aromatic N) is 2. The van der Waals surface area contributed by atoms with E-state index >= 15 is 0 Å². The number of aliphatic hydroxyl groups is 2. The van der Waals surface area contributed by atoms with Gasteiger partial charge in [0, 0.05) is 24.4 Å². The third-order valence-electron chi connectivity index (χ3n) is 5.08. The number of aliphatic hydroxyl groups excluding tert-OH is 1. The molecule has 0 unspecified atom stereocenters.